The van der Waals surface area contributed by atoms with Crippen LogP contribution < -0.4 is 5.32 Å². The highest BCUT2D eigenvalue weighted by molar-refractivity contribution is 5.95. The van der Waals surface area contributed by atoms with Crippen LogP contribution in [0, 0.1) is 0 Å². The number of likely N-dealkylation sites (N-methyl/N-ethyl adjacent to an activating group) is 1. The summed E-state index contributed by atoms with van der Waals surface area (Å²) in [5.41, 5.74) is -1.97. The van der Waals surface area contributed by atoms with Gasteiger partial charge in [-0.2, -0.15) is 13.2 Å². The van der Waals surface area contributed by atoms with E-state index in [9.17, 15) is 18.0 Å². The molecular formula is C15H18F3N3O3. The Balaban J connectivity index is 2.12. The molecule has 2 aromatic heterocycles. The lowest BCUT2D eigenvalue weighted by Crippen LogP contribution is -2.38. The van der Waals surface area contributed by atoms with Gasteiger partial charge in [-0.1, -0.05) is 19.0 Å². The van der Waals surface area contributed by atoms with E-state index in [4.69, 9.17) is 4.42 Å². The predicted octanol–water partition coefficient (Wildman–Crippen LogP) is 3.10. The van der Waals surface area contributed by atoms with Crippen molar-refractivity contribution >= 4 is 5.91 Å². The van der Waals surface area contributed by atoms with E-state index < -0.39 is 23.3 Å². The smallest absolute Gasteiger partial charge is 0.437 e. The molecule has 0 fully saturated rings. The lowest BCUT2D eigenvalue weighted by Gasteiger charge is -2.28. The van der Waals surface area contributed by atoms with Crippen molar-refractivity contribution < 1.29 is 26.9 Å². The molecule has 0 bridgehead atoms. The van der Waals surface area contributed by atoms with Crippen molar-refractivity contribution in [2.45, 2.75) is 26.1 Å². The molecule has 0 saturated heterocycles. The van der Waals surface area contributed by atoms with Crippen LogP contribution in [-0.2, 0) is 6.18 Å². The third-order valence-electron chi connectivity index (χ3n) is 3.66. The number of hydrogen-bond donors (Lipinski definition) is 1. The summed E-state index contributed by atoms with van der Waals surface area (Å²) in [6.45, 7) is 5.38. The van der Waals surface area contributed by atoms with E-state index in [1.54, 1.807) is 12.1 Å². The Kier molecular flexibility index (Phi) is 5.66. The van der Waals surface area contributed by atoms with E-state index in [0.29, 0.717) is 25.1 Å². The highest BCUT2D eigenvalue weighted by Crippen LogP contribution is 2.30. The summed E-state index contributed by atoms with van der Waals surface area (Å²) in [5.74, 6) is -0.271. The molecule has 1 N–H and O–H groups in total. The van der Waals surface area contributed by atoms with Crippen molar-refractivity contribution in [3.8, 4) is 0 Å². The third-order valence-corrected chi connectivity index (χ3v) is 3.66. The first-order valence-corrected chi connectivity index (χ1v) is 7.45. The van der Waals surface area contributed by atoms with Crippen molar-refractivity contribution in [2.75, 3.05) is 19.6 Å². The largest absolute Gasteiger partial charge is 0.468 e. The number of nitrogens with zero attached hydrogens (tertiary/aromatic N) is 2. The number of alkyl halides is 3. The zero-order valence-corrected chi connectivity index (χ0v) is 13.3. The van der Waals surface area contributed by atoms with Crippen LogP contribution in [0.3, 0.4) is 0 Å². The number of carbonyl (C=O) groups is 1. The monoisotopic (exact) mass is 345 g/mol. The molecule has 2 aromatic rings. The molecule has 9 heteroatoms. The number of nitrogens with one attached hydrogen (secondary N) is 1. The van der Waals surface area contributed by atoms with Crippen LogP contribution in [0.1, 0.15) is 41.7 Å². The number of amides is 1. The molecule has 132 valence electrons. The maximum Gasteiger partial charge on any atom is 0.437 e. The Hall–Kier alpha value is -2.29. The van der Waals surface area contributed by atoms with Crippen LogP contribution in [-0.4, -0.2) is 35.6 Å². The van der Waals surface area contributed by atoms with Gasteiger partial charge in [0.25, 0.3) is 5.91 Å². The van der Waals surface area contributed by atoms with E-state index >= 15 is 0 Å². The highest BCUT2D eigenvalue weighted by Gasteiger charge is 2.39. The minimum atomic E-state index is -4.75. The van der Waals surface area contributed by atoms with E-state index in [0.717, 1.165) is 0 Å². The molecule has 0 saturated carbocycles. The van der Waals surface area contributed by atoms with Crippen LogP contribution >= 0.6 is 0 Å². The number of hydrogen-bond acceptors (Lipinski definition) is 5. The molecule has 0 aliphatic rings. The third kappa shape index (κ3) is 3.97. The van der Waals surface area contributed by atoms with Crippen molar-refractivity contribution in [1.82, 2.24) is 15.4 Å². The lowest BCUT2D eigenvalue weighted by atomic mass is 10.1. The fourth-order valence-corrected chi connectivity index (χ4v) is 2.44. The molecule has 0 aromatic carbocycles. The second kappa shape index (κ2) is 7.52. The molecular weight excluding hydrogens is 327 g/mol. The van der Waals surface area contributed by atoms with Gasteiger partial charge in [0.15, 0.2) is 5.69 Å². The van der Waals surface area contributed by atoms with Crippen molar-refractivity contribution in [2.24, 2.45) is 0 Å². The number of rotatable bonds is 7. The Bertz CT molecular complexity index is 648. The Labute approximate surface area is 136 Å². The van der Waals surface area contributed by atoms with Crippen molar-refractivity contribution in [3.05, 3.63) is 41.7 Å². The summed E-state index contributed by atoms with van der Waals surface area (Å²) in [7, 11) is 0. The molecule has 1 atom stereocenters. The molecule has 0 aliphatic heterocycles. The molecule has 0 aliphatic carbocycles. The van der Waals surface area contributed by atoms with Gasteiger partial charge in [0.1, 0.15) is 17.6 Å². The summed E-state index contributed by atoms with van der Waals surface area (Å²) in [4.78, 5) is 14.1. The summed E-state index contributed by atoms with van der Waals surface area (Å²) in [6.07, 6.45) is -2.55. The summed E-state index contributed by atoms with van der Waals surface area (Å²) in [6, 6.07) is 3.19. The van der Waals surface area contributed by atoms with Crippen LogP contribution in [0.2, 0.25) is 0 Å². The fourth-order valence-electron chi connectivity index (χ4n) is 2.44. The van der Waals surface area contributed by atoms with E-state index in [1.807, 2.05) is 18.7 Å². The normalized spacial score (nSPS) is 13.2. The molecule has 0 spiro atoms. The Morgan fingerprint density at radius 3 is 2.62 bits per heavy atom. The van der Waals surface area contributed by atoms with E-state index in [1.165, 1.54) is 6.26 Å². The van der Waals surface area contributed by atoms with Gasteiger partial charge in [-0.15, -0.1) is 0 Å². The van der Waals surface area contributed by atoms with Gasteiger partial charge in [-0.3, -0.25) is 9.69 Å². The minimum absolute atomic E-state index is 0.0938. The second-order valence-electron chi connectivity index (χ2n) is 5.04. The number of halogens is 3. The van der Waals surface area contributed by atoms with Crippen LogP contribution in [0.25, 0.3) is 0 Å². The van der Waals surface area contributed by atoms with Gasteiger partial charge >= 0.3 is 6.18 Å². The standard InChI is InChI=1S/C15H18F3N3O3/c1-3-21(4-2)11(12-6-5-7-23-12)8-19-14(22)10-9-24-20-13(10)15(16,17)18/h5-7,9,11H,3-4,8H2,1-2H3,(H,19,22). The predicted molar refractivity (Wildman–Crippen MR) is 78.2 cm³/mol. The average Bonchev–Trinajstić information content (AvgIpc) is 3.21. The topological polar surface area (TPSA) is 71.5 Å². The van der Waals surface area contributed by atoms with Crippen LogP contribution in [0.5, 0.6) is 0 Å². The number of carbonyl (C=O) groups excluding carboxylic acids is 1. The van der Waals surface area contributed by atoms with E-state index in [2.05, 4.69) is 15.0 Å². The molecule has 1 amide bonds. The van der Waals surface area contributed by atoms with Crippen LogP contribution in [0.15, 0.2) is 33.6 Å². The maximum atomic E-state index is 12.8. The molecule has 24 heavy (non-hydrogen) atoms. The minimum Gasteiger partial charge on any atom is -0.468 e. The number of furan rings is 1. The van der Waals surface area contributed by atoms with Gasteiger partial charge in [-0.25, -0.2) is 0 Å². The summed E-state index contributed by atoms with van der Waals surface area (Å²) in [5, 5.41) is 5.36. The summed E-state index contributed by atoms with van der Waals surface area (Å²) >= 11 is 0. The molecule has 2 rings (SSSR count). The Morgan fingerprint density at radius 2 is 2.08 bits per heavy atom. The lowest BCUT2D eigenvalue weighted by molar-refractivity contribution is -0.143. The number of aromatic nitrogens is 1. The second-order valence-corrected chi connectivity index (χ2v) is 5.04. The molecule has 6 nitrogen and oxygen atoms in total. The zero-order chi connectivity index (χ0) is 17.7. The van der Waals surface area contributed by atoms with Gasteiger partial charge in [0, 0.05) is 6.54 Å². The SMILES string of the molecule is CCN(CC)C(CNC(=O)c1conc1C(F)(F)F)c1ccco1. The van der Waals surface area contributed by atoms with Crippen LogP contribution in [0.4, 0.5) is 13.2 Å². The van der Waals surface area contributed by atoms with Gasteiger partial charge in [-0.05, 0) is 25.2 Å². The molecule has 0 radical (unpaired) electrons. The van der Waals surface area contributed by atoms with E-state index in [-0.39, 0.29) is 12.6 Å². The average molecular weight is 345 g/mol. The molecule has 2 heterocycles. The Morgan fingerprint density at radius 1 is 1.38 bits per heavy atom. The maximum absolute atomic E-state index is 12.8. The van der Waals surface area contributed by atoms with Gasteiger partial charge in [0.05, 0.1) is 12.3 Å². The first-order valence-electron chi connectivity index (χ1n) is 7.45. The van der Waals surface area contributed by atoms with Crippen molar-refractivity contribution in [3.63, 3.8) is 0 Å². The first-order chi connectivity index (χ1) is 11.4. The summed E-state index contributed by atoms with van der Waals surface area (Å²) < 4.78 is 48.0. The quantitative estimate of drug-likeness (QED) is 0.835. The van der Waals surface area contributed by atoms with Gasteiger partial charge in [0.2, 0.25) is 0 Å². The first kappa shape index (κ1) is 18.1. The highest BCUT2D eigenvalue weighted by atomic mass is 19.4. The van der Waals surface area contributed by atoms with Crippen molar-refractivity contribution in [1.29, 1.82) is 0 Å². The zero-order valence-electron chi connectivity index (χ0n) is 13.3. The molecule has 1 unspecified atom stereocenters. The van der Waals surface area contributed by atoms with Gasteiger partial charge < -0.3 is 14.3 Å². The fraction of sp³-hybridized carbons (Fsp3) is 0.467.